The van der Waals surface area contributed by atoms with Crippen LogP contribution in [0, 0.1) is 0 Å². The number of rotatable bonds is 15. The van der Waals surface area contributed by atoms with Crippen molar-refractivity contribution in [2.45, 2.75) is 119 Å². The summed E-state index contributed by atoms with van der Waals surface area (Å²) in [5.74, 6) is 0.436. The highest BCUT2D eigenvalue weighted by Gasteiger charge is 2.53. The minimum atomic E-state index is -1.92. The molecule has 0 radical (unpaired) electrons. The molecular weight excluding hydrogens is 630 g/mol. The minimum absolute atomic E-state index is 0. The van der Waals surface area contributed by atoms with Crippen molar-refractivity contribution in [3.05, 3.63) is 0 Å². The highest BCUT2D eigenvalue weighted by Crippen LogP contribution is 2.32. The second kappa shape index (κ2) is 19.2. The maximum Gasteiger partial charge on any atom is 0.220 e. The van der Waals surface area contributed by atoms with Crippen LogP contribution in [0.1, 0.15) is 26.7 Å². The Morgan fingerprint density at radius 3 is 1.78 bits per heavy atom. The van der Waals surface area contributed by atoms with Gasteiger partial charge in [0, 0.05) is 13.0 Å². The number of aliphatic hydroxyl groups is 10. The van der Waals surface area contributed by atoms with E-state index in [4.69, 9.17) is 28.4 Å². The van der Waals surface area contributed by atoms with E-state index in [1.165, 1.54) is 0 Å². The van der Waals surface area contributed by atoms with Crippen LogP contribution in [0.2, 0.25) is 0 Å². The first kappa shape index (κ1) is 40.4. The molecule has 0 aromatic rings. The first-order chi connectivity index (χ1) is 21.0. The van der Waals surface area contributed by atoms with E-state index in [9.17, 15) is 55.9 Å². The molecule has 45 heavy (non-hydrogen) atoms. The maximum absolute atomic E-state index is 11.7. The Balaban J connectivity index is 0.00000705. The van der Waals surface area contributed by atoms with Crippen molar-refractivity contribution in [1.82, 2.24) is 5.32 Å². The summed E-state index contributed by atoms with van der Waals surface area (Å²) in [6.07, 6.45) is -23.5. The highest BCUT2D eigenvalue weighted by atomic mass is 32.1. The molecule has 18 nitrogen and oxygen atoms in total. The molecule has 1 amide bonds. The highest BCUT2D eigenvalue weighted by molar-refractivity contribution is 7.80. The second-order valence-corrected chi connectivity index (χ2v) is 11.2. The first-order valence-electron chi connectivity index (χ1n) is 14.3. The number of hydrogen-bond acceptors (Lipinski definition) is 18. The van der Waals surface area contributed by atoms with E-state index < -0.39 is 112 Å². The third kappa shape index (κ3) is 10.1. The van der Waals surface area contributed by atoms with E-state index in [-0.39, 0.29) is 26.5 Å². The van der Waals surface area contributed by atoms with Crippen LogP contribution in [0.4, 0.5) is 0 Å². The van der Waals surface area contributed by atoms with Crippen molar-refractivity contribution >= 4 is 18.5 Å². The number of hydrogen-bond donors (Lipinski definition) is 12. The number of ether oxygens (including phenoxy) is 6. The Hall–Kier alpha value is -0.820. The van der Waals surface area contributed by atoms with Crippen LogP contribution in [-0.2, 0) is 33.2 Å². The monoisotopic (exact) mass is 679 g/mol. The number of nitrogens with one attached hydrogen (secondary N) is 1. The van der Waals surface area contributed by atoms with Gasteiger partial charge in [0.25, 0.3) is 0 Å². The van der Waals surface area contributed by atoms with Crippen molar-refractivity contribution < 1.29 is 84.3 Å². The fourth-order valence-electron chi connectivity index (χ4n) is 5.00. The molecule has 0 aromatic heterocycles. The molecule has 19 heteroatoms. The molecule has 266 valence electrons. The number of aliphatic hydroxyl groups excluding tert-OH is 10. The molecule has 9 unspecified atom stereocenters. The Bertz CT molecular complexity index is 860. The lowest BCUT2D eigenvalue weighted by atomic mass is 9.96. The van der Waals surface area contributed by atoms with Gasteiger partial charge in [0.05, 0.1) is 26.4 Å². The third-order valence-corrected chi connectivity index (χ3v) is 7.88. The van der Waals surface area contributed by atoms with Gasteiger partial charge in [-0.1, -0.05) is 7.43 Å². The Kier molecular flexibility index (Phi) is 17.3. The van der Waals surface area contributed by atoms with Crippen LogP contribution in [0.5, 0.6) is 0 Å². The third-order valence-electron chi connectivity index (χ3n) is 7.56. The number of carbonyl (C=O) groups is 1. The van der Waals surface area contributed by atoms with Gasteiger partial charge in [-0.2, -0.15) is 12.6 Å². The predicted molar refractivity (Wildman–Crippen MR) is 152 cm³/mol. The molecule has 3 saturated heterocycles. The quantitative estimate of drug-likeness (QED) is 0.0567. The van der Waals surface area contributed by atoms with Gasteiger partial charge < -0.3 is 84.8 Å². The smallest absolute Gasteiger partial charge is 0.220 e. The lowest BCUT2D eigenvalue weighted by molar-refractivity contribution is -0.380. The standard InChI is InChI=1S/C25H45NO17S.CH4/c27-7-10-14(31)16(33)18(35)24(39-10)43-22-15(32)11(8-28)40-25(20(22)37)42-21-12(9-29)41-23(19(36)17(21)34)38-5-2-4-26-13(30)3-1-6-44;/h10-12,14-25,27-29,31-37,44H,1-9H2,(H,26,30);1H4/t10?,11?,12?,14-,15-,16?,17?,18?,19?,20?,21+,22?,23+,24+,25-;/m0./s1. The Labute approximate surface area is 265 Å². The van der Waals surface area contributed by atoms with E-state index in [2.05, 4.69) is 17.9 Å². The normalized spacial score (nSPS) is 42.2. The zero-order chi connectivity index (χ0) is 32.6. The van der Waals surface area contributed by atoms with Gasteiger partial charge in [0.1, 0.15) is 73.2 Å². The molecule has 0 bridgehead atoms. The molecular formula is C26H49NO17S. The van der Waals surface area contributed by atoms with E-state index in [0.717, 1.165) is 0 Å². The van der Waals surface area contributed by atoms with Crippen LogP contribution in [-0.4, -0.2) is 188 Å². The van der Waals surface area contributed by atoms with Crippen molar-refractivity contribution in [3.63, 3.8) is 0 Å². The summed E-state index contributed by atoms with van der Waals surface area (Å²) in [7, 11) is 0. The molecule has 15 atom stereocenters. The van der Waals surface area contributed by atoms with Gasteiger partial charge in [0.15, 0.2) is 18.9 Å². The fourth-order valence-corrected chi connectivity index (χ4v) is 5.16. The van der Waals surface area contributed by atoms with Crippen LogP contribution < -0.4 is 5.32 Å². The molecule has 0 saturated carbocycles. The molecule has 3 rings (SSSR count). The van der Waals surface area contributed by atoms with Crippen molar-refractivity contribution in [1.29, 1.82) is 0 Å². The zero-order valence-electron chi connectivity index (χ0n) is 23.8. The number of thiol groups is 1. The summed E-state index contributed by atoms with van der Waals surface area (Å²) in [4.78, 5) is 11.7. The molecule has 11 N–H and O–H groups in total. The predicted octanol–water partition coefficient (Wildman–Crippen LogP) is -5.70. The SMILES string of the molecule is C.O=C(CCCS)NCCCO[C@@H]1OC(CO)[C@@H](O[C@@H]2OC(CO)[C@H](O)C(O[C@H]3OC(CO)[C@H](O)C(O)C3O)C2O)C(O)C1O. The van der Waals surface area contributed by atoms with E-state index in [1.54, 1.807) is 0 Å². The van der Waals surface area contributed by atoms with Gasteiger partial charge in [-0.05, 0) is 18.6 Å². The van der Waals surface area contributed by atoms with Gasteiger partial charge in [-0.15, -0.1) is 0 Å². The molecule has 3 fully saturated rings. The van der Waals surface area contributed by atoms with Crippen LogP contribution >= 0.6 is 12.6 Å². The van der Waals surface area contributed by atoms with Gasteiger partial charge in [-0.3, -0.25) is 4.79 Å². The molecule has 0 spiro atoms. The molecule has 0 aliphatic carbocycles. The summed E-state index contributed by atoms with van der Waals surface area (Å²) < 4.78 is 33.0. The maximum atomic E-state index is 11.7. The summed E-state index contributed by atoms with van der Waals surface area (Å²) in [6.45, 7) is -2.02. The van der Waals surface area contributed by atoms with Crippen molar-refractivity contribution in [3.8, 4) is 0 Å². The second-order valence-electron chi connectivity index (χ2n) is 10.7. The Morgan fingerprint density at radius 1 is 0.644 bits per heavy atom. The summed E-state index contributed by atoms with van der Waals surface area (Å²) in [6, 6.07) is 0. The average molecular weight is 680 g/mol. The molecule has 3 aliphatic heterocycles. The Morgan fingerprint density at radius 2 is 1.18 bits per heavy atom. The van der Waals surface area contributed by atoms with E-state index in [1.807, 2.05) is 0 Å². The number of amides is 1. The topological polar surface area (TPSA) is 287 Å². The van der Waals surface area contributed by atoms with Crippen molar-refractivity contribution in [2.24, 2.45) is 0 Å². The fraction of sp³-hybridized carbons (Fsp3) is 0.962. The summed E-state index contributed by atoms with van der Waals surface area (Å²) >= 11 is 4.05. The van der Waals surface area contributed by atoms with Crippen LogP contribution in [0.3, 0.4) is 0 Å². The van der Waals surface area contributed by atoms with Gasteiger partial charge in [-0.25, -0.2) is 0 Å². The first-order valence-corrected chi connectivity index (χ1v) is 15.0. The zero-order valence-corrected chi connectivity index (χ0v) is 24.7. The van der Waals surface area contributed by atoms with Crippen LogP contribution in [0.15, 0.2) is 0 Å². The average Bonchev–Trinajstić information content (AvgIpc) is 3.02. The summed E-state index contributed by atoms with van der Waals surface area (Å²) in [5.41, 5.74) is 0. The lowest BCUT2D eigenvalue weighted by Crippen LogP contribution is -2.66. The van der Waals surface area contributed by atoms with E-state index in [0.29, 0.717) is 25.0 Å². The minimum Gasteiger partial charge on any atom is -0.394 e. The largest absolute Gasteiger partial charge is 0.394 e. The number of carbonyl (C=O) groups excluding carboxylic acids is 1. The molecule has 0 aromatic carbocycles. The van der Waals surface area contributed by atoms with Crippen LogP contribution in [0.25, 0.3) is 0 Å². The van der Waals surface area contributed by atoms with Gasteiger partial charge in [0.2, 0.25) is 5.91 Å². The summed E-state index contributed by atoms with van der Waals surface area (Å²) in [5, 5.41) is 105. The van der Waals surface area contributed by atoms with Gasteiger partial charge >= 0.3 is 0 Å². The molecule has 3 aliphatic rings. The van der Waals surface area contributed by atoms with E-state index >= 15 is 0 Å². The van der Waals surface area contributed by atoms with Crippen molar-refractivity contribution in [2.75, 3.05) is 38.7 Å². The lowest BCUT2D eigenvalue weighted by Gasteiger charge is -2.48. The molecule has 3 heterocycles.